The van der Waals surface area contributed by atoms with Gasteiger partial charge in [0.1, 0.15) is 11.0 Å². The summed E-state index contributed by atoms with van der Waals surface area (Å²) in [6.07, 6.45) is 2.69. The topological polar surface area (TPSA) is 34.0 Å². The number of thiazole rings is 1. The van der Waals surface area contributed by atoms with Crippen LogP contribution in [0.2, 0.25) is 0 Å². The van der Waals surface area contributed by atoms with E-state index in [0.717, 1.165) is 45.3 Å². The lowest BCUT2D eigenvalue weighted by atomic mass is 10.00. The van der Waals surface area contributed by atoms with Crippen LogP contribution in [0.3, 0.4) is 0 Å². The van der Waals surface area contributed by atoms with E-state index in [0.29, 0.717) is 0 Å². The summed E-state index contributed by atoms with van der Waals surface area (Å²) >= 11 is 7.24. The van der Waals surface area contributed by atoms with E-state index in [2.05, 4.69) is 51.3 Å². The van der Waals surface area contributed by atoms with E-state index < -0.39 is 0 Å². The number of fused-ring (bicyclic) bond motifs is 2. The number of aromatic nitrogens is 3. The third kappa shape index (κ3) is 2.53. The Morgan fingerprint density at radius 3 is 2.54 bits per heavy atom. The van der Waals surface area contributed by atoms with Gasteiger partial charge in [0.2, 0.25) is 0 Å². The Bertz CT molecular complexity index is 1150. The van der Waals surface area contributed by atoms with Gasteiger partial charge in [0, 0.05) is 18.8 Å². The van der Waals surface area contributed by atoms with Crippen LogP contribution >= 0.6 is 23.6 Å². The molecule has 0 N–H and O–H groups in total. The second-order valence-corrected chi connectivity index (χ2v) is 7.97. The summed E-state index contributed by atoms with van der Waals surface area (Å²) in [5, 5.41) is 0. The predicted molar refractivity (Wildman–Crippen MR) is 109 cm³/mol. The second kappa shape index (κ2) is 6.30. The summed E-state index contributed by atoms with van der Waals surface area (Å²) < 4.78 is 3.89. The largest absolute Gasteiger partial charge is 0.351 e. The van der Waals surface area contributed by atoms with Gasteiger partial charge in [-0.15, -0.1) is 0 Å². The molecule has 0 spiro atoms. The molecule has 3 heterocycles. The lowest BCUT2D eigenvalue weighted by Gasteiger charge is -2.29. The third-order valence-electron chi connectivity index (χ3n) is 4.79. The Hall–Kier alpha value is -2.57. The van der Waals surface area contributed by atoms with E-state index in [9.17, 15) is 0 Å². The quantitative estimate of drug-likeness (QED) is 0.472. The lowest BCUT2D eigenvalue weighted by Crippen LogP contribution is -2.31. The molecule has 5 rings (SSSR count). The van der Waals surface area contributed by atoms with E-state index in [1.807, 2.05) is 22.8 Å². The van der Waals surface area contributed by atoms with E-state index in [1.165, 1.54) is 11.1 Å². The summed E-state index contributed by atoms with van der Waals surface area (Å²) in [4.78, 5) is 11.5. The van der Waals surface area contributed by atoms with Crippen LogP contribution in [0, 0.1) is 3.95 Å². The maximum absolute atomic E-state index is 5.65. The lowest BCUT2D eigenvalue weighted by molar-refractivity contribution is 0.723. The molecule has 0 saturated carbocycles. The van der Waals surface area contributed by atoms with Crippen LogP contribution in [0.5, 0.6) is 0 Å². The average molecular weight is 377 g/mol. The first-order valence-electron chi connectivity index (χ1n) is 8.55. The van der Waals surface area contributed by atoms with Crippen LogP contribution in [0.1, 0.15) is 11.1 Å². The van der Waals surface area contributed by atoms with Crippen molar-refractivity contribution in [1.29, 1.82) is 0 Å². The molecule has 26 heavy (non-hydrogen) atoms. The number of benzene rings is 2. The molecule has 1 aliphatic heterocycles. The van der Waals surface area contributed by atoms with Gasteiger partial charge in [0.15, 0.2) is 15.4 Å². The molecule has 0 aliphatic carbocycles. The molecule has 4 aromatic rings. The Kier molecular flexibility index (Phi) is 3.80. The fourth-order valence-electron chi connectivity index (χ4n) is 3.53. The predicted octanol–water partition coefficient (Wildman–Crippen LogP) is 4.77. The minimum absolute atomic E-state index is 0.797. The summed E-state index contributed by atoms with van der Waals surface area (Å²) in [6.45, 7) is 1.83. The SMILES string of the molecule is S=c1sc2c(N3CCc4ccccc4C3)ncnc2n1-c1ccccc1. The number of hydrogen-bond donors (Lipinski definition) is 0. The molecule has 6 heteroatoms. The van der Waals surface area contributed by atoms with Crippen molar-refractivity contribution in [2.24, 2.45) is 0 Å². The van der Waals surface area contributed by atoms with Crippen molar-refractivity contribution in [3.8, 4) is 5.69 Å². The summed E-state index contributed by atoms with van der Waals surface area (Å²) in [6, 6.07) is 18.8. The number of hydrogen-bond acceptors (Lipinski definition) is 5. The van der Waals surface area contributed by atoms with E-state index in [1.54, 1.807) is 17.7 Å². The molecule has 0 atom stereocenters. The summed E-state index contributed by atoms with van der Waals surface area (Å²) in [5.74, 6) is 0.982. The summed E-state index contributed by atoms with van der Waals surface area (Å²) in [7, 11) is 0. The maximum atomic E-state index is 5.65. The number of nitrogens with zero attached hydrogens (tertiary/aromatic N) is 4. The van der Waals surface area contributed by atoms with Gasteiger partial charge in [0.25, 0.3) is 0 Å². The Morgan fingerprint density at radius 1 is 0.923 bits per heavy atom. The van der Waals surface area contributed by atoms with Crippen LogP contribution in [0.15, 0.2) is 60.9 Å². The number of rotatable bonds is 2. The number of anilines is 1. The summed E-state index contributed by atoms with van der Waals surface area (Å²) in [5.41, 5.74) is 4.73. The first kappa shape index (κ1) is 15.7. The fourth-order valence-corrected chi connectivity index (χ4v) is 4.94. The van der Waals surface area contributed by atoms with E-state index in [-0.39, 0.29) is 0 Å². The third-order valence-corrected chi connectivity index (χ3v) is 6.15. The molecule has 0 bridgehead atoms. The van der Waals surface area contributed by atoms with Gasteiger partial charge in [-0.3, -0.25) is 4.57 Å². The molecule has 0 fully saturated rings. The van der Waals surface area contributed by atoms with Gasteiger partial charge in [-0.05, 0) is 41.9 Å². The molecule has 2 aromatic heterocycles. The molecule has 4 nitrogen and oxygen atoms in total. The molecular formula is C20H16N4S2. The Balaban J connectivity index is 1.64. The number of para-hydroxylation sites is 1. The zero-order chi connectivity index (χ0) is 17.5. The van der Waals surface area contributed by atoms with Gasteiger partial charge < -0.3 is 4.90 Å². The van der Waals surface area contributed by atoms with Gasteiger partial charge in [-0.1, -0.05) is 53.8 Å². The van der Waals surface area contributed by atoms with Crippen LogP contribution in [-0.2, 0) is 13.0 Å². The van der Waals surface area contributed by atoms with Gasteiger partial charge in [-0.25, -0.2) is 9.97 Å². The van der Waals surface area contributed by atoms with Crippen LogP contribution in [0.4, 0.5) is 5.82 Å². The minimum atomic E-state index is 0.797. The average Bonchev–Trinajstić information content (AvgIpc) is 3.04. The molecule has 0 unspecified atom stereocenters. The fraction of sp³-hybridized carbons (Fsp3) is 0.150. The zero-order valence-electron chi connectivity index (χ0n) is 14.0. The monoisotopic (exact) mass is 376 g/mol. The Labute approximate surface area is 160 Å². The standard InChI is InChI=1S/C20H16N4S2/c25-20-24(16-8-2-1-3-9-16)19-17(26-20)18(21-13-22-19)23-11-10-14-6-4-5-7-15(14)12-23/h1-9,13H,10-12H2. The van der Waals surface area contributed by atoms with Crippen LogP contribution < -0.4 is 4.90 Å². The van der Waals surface area contributed by atoms with Crippen molar-refractivity contribution in [2.45, 2.75) is 13.0 Å². The van der Waals surface area contributed by atoms with Crippen molar-refractivity contribution < 1.29 is 0 Å². The van der Waals surface area contributed by atoms with E-state index >= 15 is 0 Å². The molecule has 2 aromatic carbocycles. The minimum Gasteiger partial charge on any atom is -0.351 e. The maximum Gasteiger partial charge on any atom is 0.168 e. The van der Waals surface area contributed by atoms with Crippen LogP contribution in [-0.4, -0.2) is 21.1 Å². The van der Waals surface area contributed by atoms with Crippen molar-refractivity contribution in [1.82, 2.24) is 14.5 Å². The highest BCUT2D eigenvalue weighted by Crippen LogP contribution is 2.33. The molecule has 128 valence electrons. The van der Waals surface area contributed by atoms with Gasteiger partial charge in [-0.2, -0.15) is 0 Å². The molecule has 0 saturated heterocycles. The van der Waals surface area contributed by atoms with Crippen molar-refractivity contribution in [3.63, 3.8) is 0 Å². The highest BCUT2D eigenvalue weighted by atomic mass is 32.1. The smallest absolute Gasteiger partial charge is 0.168 e. The molecule has 0 radical (unpaired) electrons. The normalized spacial score (nSPS) is 13.8. The van der Waals surface area contributed by atoms with Crippen molar-refractivity contribution in [2.75, 3.05) is 11.4 Å². The van der Waals surface area contributed by atoms with Gasteiger partial charge in [0.05, 0.1) is 0 Å². The molecule has 0 amide bonds. The second-order valence-electron chi connectivity index (χ2n) is 6.33. The highest BCUT2D eigenvalue weighted by molar-refractivity contribution is 7.73. The first-order chi connectivity index (χ1) is 12.8. The van der Waals surface area contributed by atoms with Gasteiger partial charge >= 0.3 is 0 Å². The van der Waals surface area contributed by atoms with Crippen molar-refractivity contribution >= 4 is 39.7 Å². The highest BCUT2D eigenvalue weighted by Gasteiger charge is 2.21. The zero-order valence-corrected chi connectivity index (χ0v) is 15.6. The molecule has 1 aliphatic rings. The van der Waals surface area contributed by atoms with Crippen molar-refractivity contribution in [3.05, 3.63) is 76.0 Å². The Morgan fingerprint density at radius 2 is 1.69 bits per heavy atom. The van der Waals surface area contributed by atoms with E-state index in [4.69, 9.17) is 12.2 Å². The van der Waals surface area contributed by atoms with Crippen LogP contribution in [0.25, 0.3) is 16.0 Å². The molecular weight excluding hydrogens is 360 g/mol. The first-order valence-corrected chi connectivity index (χ1v) is 9.77.